The Balaban J connectivity index is 4.50. The Hall–Kier alpha value is -1.19. The normalized spacial score (nSPS) is 13.1. The van der Waals surface area contributed by atoms with Crippen molar-refractivity contribution in [2.45, 2.75) is 19.4 Å². The Labute approximate surface area is 98.6 Å². The van der Waals surface area contributed by atoms with E-state index in [9.17, 15) is 18.0 Å². The molecular weight excluding hydrogens is 254 g/mol. The summed E-state index contributed by atoms with van der Waals surface area (Å²) in [6.45, 7) is 1.07. The van der Waals surface area contributed by atoms with Gasteiger partial charge >= 0.3 is 11.9 Å². The van der Waals surface area contributed by atoms with Gasteiger partial charge in [-0.3, -0.25) is 9.59 Å². The zero-order valence-electron chi connectivity index (χ0n) is 9.25. The summed E-state index contributed by atoms with van der Waals surface area (Å²) in [7, 11) is -4.09. The third-order valence-electron chi connectivity index (χ3n) is 1.65. The topological polar surface area (TPSA) is 130 Å². The van der Waals surface area contributed by atoms with E-state index < -0.39 is 40.4 Å². The van der Waals surface area contributed by atoms with Gasteiger partial charge in [0.15, 0.2) is 5.75 Å². The second-order valence-corrected chi connectivity index (χ2v) is 4.84. The van der Waals surface area contributed by atoms with E-state index in [0.717, 1.165) is 0 Å². The summed E-state index contributed by atoms with van der Waals surface area (Å²) in [6, 6.07) is -1.46. The minimum absolute atomic E-state index is 0.0351. The van der Waals surface area contributed by atoms with Crippen molar-refractivity contribution >= 4 is 22.0 Å². The molecule has 0 aliphatic rings. The molecule has 0 amide bonds. The van der Waals surface area contributed by atoms with Gasteiger partial charge in [-0.25, -0.2) is 13.1 Å². The van der Waals surface area contributed by atoms with E-state index in [0.29, 0.717) is 0 Å². The summed E-state index contributed by atoms with van der Waals surface area (Å²) in [5.41, 5.74) is 0. The predicted octanol–water partition coefficient (Wildman–Crippen LogP) is -1.70. The lowest BCUT2D eigenvalue weighted by atomic mass is 10.2. The van der Waals surface area contributed by atoms with Crippen molar-refractivity contribution in [3.8, 4) is 0 Å². The summed E-state index contributed by atoms with van der Waals surface area (Å²) in [4.78, 5) is 21.6. The first kappa shape index (κ1) is 15.8. The van der Waals surface area contributed by atoms with Crippen molar-refractivity contribution < 1.29 is 33.0 Å². The highest BCUT2D eigenvalue weighted by atomic mass is 32.2. The summed E-state index contributed by atoms with van der Waals surface area (Å²) < 4.78 is 28.9. The summed E-state index contributed by atoms with van der Waals surface area (Å²) >= 11 is 0. The summed E-state index contributed by atoms with van der Waals surface area (Å²) in [5, 5.41) is 17.2. The van der Waals surface area contributed by atoms with Crippen molar-refractivity contribution in [2.24, 2.45) is 0 Å². The quantitative estimate of drug-likeness (QED) is 0.448. The molecule has 0 radical (unpaired) electrons. The van der Waals surface area contributed by atoms with Crippen molar-refractivity contribution in [3.63, 3.8) is 0 Å². The van der Waals surface area contributed by atoms with E-state index in [4.69, 9.17) is 10.2 Å². The van der Waals surface area contributed by atoms with Crippen molar-refractivity contribution in [1.29, 1.82) is 0 Å². The maximum absolute atomic E-state index is 11.3. The smallest absolute Gasteiger partial charge is 0.322 e. The molecule has 0 aliphatic carbocycles. The lowest BCUT2D eigenvalue weighted by molar-refractivity contribution is -0.141. The van der Waals surface area contributed by atoms with Crippen molar-refractivity contribution in [3.05, 3.63) is 0 Å². The van der Waals surface area contributed by atoms with Crippen LogP contribution < -0.4 is 4.72 Å². The van der Waals surface area contributed by atoms with Gasteiger partial charge in [0.05, 0.1) is 6.61 Å². The number of hydrogen-bond donors (Lipinski definition) is 3. The Morgan fingerprint density at radius 2 is 2.00 bits per heavy atom. The van der Waals surface area contributed by atoms with Gasteiger partial charge in [0.25, 0.3) is 0 Å². The standard InChI is InChI=1S/C8H15NO7S/c1-2-16-7(11)5-17(14,15)9-6(3-4-10)8(12)13/h6,9-10H,2-5H2,1H3,(H,12,13). The fraction of sp³-hybridized carbons (Fsp3) is 0.750. The number of hydrogen-bond acceptors (Lipinski definition) is 6. The molecule has 8 nitrogen and oxygen atoms in total. The lowest BCUT2D eigenvalue weighted by Crippen LogP contribution is -2.43. The highest BCUT2D eigenvalue weighted by Gasteiger charge is 2.25. The molecule has 0 spiro atoms. The fourth-order valence-electron chi connectivity index (χ4n) is 0.978. The van der Waals surface area contributed by atoms with Crippen LogP contribution in [0.4, 0.5) is 0 Å². The second kappa shape index (κ2) is 7.20. The molecule has 0 aromatic rings. The summed E-state index contributed by atoms with van der Waals surface area (Å²) in [6.07, 6.45) is -0.280. The third kappa shape index (κ3) is 6.87. The van der Waals surface area contributed by atoms with Crippen LogP contribution in [0.1, 0.15) is 13.3 Å². The van der Waals surface area contributed by atoms with Gasteiger partial charge in [0.1, 0.15) is 6.04 Å². The molecule has 0 saturated carbocycles. The molecule has 17 heavy (non-hydrogen) atoms. The van der Waals surface area contributed by atoms with E-state index >= 15 is 0 Å². The number of carboxylic acids is 1. The minimum Gasteiger partial charge on any atom is -0.480 e. The van der Waals surface area contributed by atoms with Crippen LogP contribution >= 0.6 is 0 Å². The monoisotopic (exact) mass is 269 g/mol. The maximum Gasteiger partial charge on any atom is 0.322 e. The number of carbonyl (C=O) groups is 2. The van der Waals surface area contributed by atoms with Gasteiger partial charge in [0, 0.05) is 6.61 Å². The molecule has 1 atom stereocenters. The van der Waals surface area contributed by atoms with Gasteiger partial charge in [-0.2, -0.15) is 0 Å². The van der Waals surface area contributed by atoms with Crippen LogP contribution in [-0.2, 0) is 24.3 Å². The third-order valence-corrected chi connectivity index (χ3v) is 2.91. The number of esters is 1. The molecule has 0 aromatic carbocycles. The number of aliphatic carboxylic acids is 1. The Bertz CT molecular complexity index is 364. The molecule has 0 aromatic heterocycles. The van der Waals surface area contributed by atoms with Crippen LogP contribution in [0.2, 0.25) is 0 Å². The number of aliphatic hydroxyl groups is 1. The molecule has 0 rings (SSSR count). The largest absolute Gasteiger partial charge is 0.480 e. The zero-order chi connectivity index (χ0) is 13.5. The van der Waals surface area contributed by atoms with E-state index in [1.165, 1.54) is 6.92 Å². The van der Waals surface area contributed by atoms with E-state index in [1.54, 1.807) is 4.72 Å². The van der Waals surface area contributed by atoms with Crippen LogP contribution in [0.3, 0.4) is 0 Å². The lowest BCUT2D eigenvalue weighted by Gasteiger charge is -2.12. The average molecular weight is 269 g/mol. The fourth-order valence-corrected chi connectivity index (χ4v) is 2.11. The highest BCUT2D eigenvalue weighted by molar-refractivity contribution is 7.90. The molecule has 100 valence electrons. The first-order valence-corrected chi connectivity index (χ1v) is 6.47. The highest BCUT2D eigenvalue weighted by Crippen LogP contribution is 1.97. The number of aliphatic hydroxyl groups excluding tert-OH is 1. The van der Waals surface area contributed by atoms with Gasteiger partial charge in [-0.15, -0.1) is 0 Å². The minimum atomic E-state index is -4.09. The predicted molar refractivity (Wildman–Crippen MR) is 56.7 cm³/mol. The molecule has 1 unspecified atom stereocenters. The summed E-state index contributed by atoms with van der Waals surface area (Å²) in [5.74, 6) is -3.34. The SMILES string of the molecule is CCOC(=O)CS(=O)(=O)NC(CCO)C(=O)O. The number of carboxylic acid groups (broad SMARTS) is 1. The molecular formula is C8H15NO7S. The molecule has 0 aliphatic heterocycles. The number of rotatable bonds is 8. The molecule has 0 heterocycles. The number of nitrogens with one attached hydrogen (secondary N) is 1. The van der Waals surface area contributed by atoms with E-state index in [1.807, 2.05) is 0 Å². The van der Waals surface area contributed by atoms with Crippen LogP contribution in [-0.4, -0.2) is 55.6 Å². The second-order valence-electron chi connectivity index (χ2n) is 3.09. The Morgan fingerprint density at radius 3 is 2.41 bits per heavy atom. The van der Waals surface area contributed by atoms with Crippen LogP contribution in [0, 0.1) is 0 Å². The zero-order valence-corrected chi connectivity index (χ0v) is 10.1. The van der Waals surface area contributed by atoms with Crippen LogP contribution in [0.5, 0.6) is 0 Å². The molecule has 0 fully saturated rings. The molecule has 3 N–H and O–H groups in total. The van der Waals surface area contributed by atoms with Gasteiger partial charge in [0.2, 0.25) is 10.0 Å². The van der Waals surface area contributed by atoms with Crippen LogP contribution in [0.15, 0.2) is 0 Å². The number of sulfonamides is 1. The molecule has 9 heteroatoms. The Kier molecular flexibility index (Phi) is 6.69. The van der Waals surface area contributed by atoms with Gasteiger partial charge in [-0.1, -0.05) is 0 Å². The number of ether oxygens (including phenoxy) is 1. The number of carbonyl (C=O) groups excluding carboxylic acids is 1. The molecule has 0 bridgehead atoms. The Morgan fingerprint density at radius 1 is 1.41 bits per heavy atom. The van der Waals surface area contributed by atoms with Gasteiger partial charge < -0.3 is 14.9 Å². The first-order chi connectivity index (χ1) is 7.82. The average Bonchev–Trinajstić information content (AvgIpc) is 2.15. The van der Waals surface area contributed by atoms with E-state index in [2.05, 4.69) is 4.74 Å². The maximum atomic E-state index is 11.3. The first-order valence-electron chi connectivity index (χ1n) is 4.81. The van der Waals surface area contributed by atoms with Gasteiger partial charge in [-0.05, 0) is 13.3 Å². The van der Waals surface area contributed by atoms with Crippen molar-refractivity contribution in [1.82, 2.24) is 4.72 Å². The van der Waals surface area contributed by atoms with Crippen molar-refractivity contribution in [2.75, 3.05) is 19.0 Å². The molecule has 0 saturated heterocycles. The van der Waals surface area contributed by atoms with E-state index in [-0.39, 0.29) is 13.0 Å². The van der Waals surface area contributed by atoms with Crippen LogP contribution in [0.25, 0.3) is 0 Å².